The number of hydrogen-bond donors (Lipinski definition) is 2. The van der Waals surface area contributed by atoms with Gasteiger partial charge in [0.25, 0.3) is 0 Å². The summed E-state index contributed by atoms with van der Waals surface area (Å²) in [5.74, 6) is 5.65. The van der Waals surface area contributed by atoms with E-state index in [4.69, 9.17) is 17.4 Å². The van der Waals surface area contributed by atoms with Crippen molar-refractivity contribution in [3.05, 3.63) is 55.1 Å². The van der Waals surface area contributed by atoms with Gasteiger partial charge in [-0.1, -0.05) is 23.7 Å². The molecule has 2 aromatic rings. The molecule has 0 spiro atoms. The van der Waals surface area contributed by atoms with Crippen LogP contribution in [0.5, 0.6) is 0 Å². The minimum Gasteiger partial charge on any atom is -0.271 e. The smallest absolute Gasteiger partial charge is 0.0817 e. The Morgan fingerprint density at radius 1 is 1.35 bits per heavy atom. The van der Waals surface area contributed by atoms with Gasteiger partial charge in [0, 0.05) is 14.2 Å². The molecule has 1 atom stereocenters. The van der Waals surface area contributed by atoms with Crippen LogP contribution in [0.2, 0.25) is 5.02 Å². The van der Waals surface area contributed by atoms with E-state index in [0.29, 0.717) is 5.02 Å². The van der Waals surface area contributed by atoms with Crippen LogP contribution in [0, 0.1) is 6.92 Å². The van der Waals surface area contributed by atoms with Crippen LogP contribution >= 0.6 is 38.9 Å². The molecule has 1 aromatic carbocycles. The van der Waals surface area contributed by atoms with E-state index < -0.39 is 0 Å². The lowest BCUT2D eigenvalue weighted by molar-refractivity contribution is 0.646. The molecule has 90 valence electrons. The summed E-state index contributed by atoms with van der Waals surface area (Å²) in [6.45, 7) is 2.07. The third-order valence-corrected chi connectivity index (χ3v) is 4.88. The maximum absolute atomic E-state index is 6.29. The number of hydrogen-bond acceptors (Lipinski definition) is 3. The lowest BCUT2D eigenvalue weighted by atomic mass is 10.1. The van der Waals surface area contributed by atoms with Crippen LogP contribution in [0.15, 0.2) is 34.8 Å². The number of nitrogens with two attached hydrogens (primary N) is 1. The summed E-state index contributed by atoms with van der Waals surface area (Å²) in [4.78, 5) is 2.41. The normalized spacial score (nSPS) is 12.7. The van der Waals surface area contributed by atoms with Gasteiger partial charge in [0.1, 0.15) is 0 Å². The topological polar surface area (TPSA) is 38.0 Å². The van der Waals surface area contributed by atoms with E-state index in [1.165, 1.54) is 4.88 Å². The number of rotatable bonds is 3. The highest BCUT2D eigenvalue weighted by Crippen LogP contribution is 2.35. The molecular formula is C12H12BrClN2S. The van der Waals surface area contributed by atoms with Crippen molar-refractivity contribution < 1.29 is 0 Å². The summed E-state index contributed by atoms with van der Waals surface area (Å²) in [5.41, 5.74) is 3.80. The molecule has 2 rings (SSSR count). The van der Waals surface area contributed by atoms with Gasteiger partial charge in [0.05, 0.1) is 11.1 Å². The van der Waals surface area contributed by atoms with Crippen LogP contribution in [0.1, 0.15) is 21.4 Å². The molecule has 0 fully saturated rings. The van der Waals surface area contributed by atoms with Gasteiger partial charge in [-0.05, 0) is 46.6 Å². The molecule has 0 saturated heterocycles. The van der Waals surface area contributed by atoms with E-state index >= 15 is 0 Å². The van der Waals surface area contributed by atoms with Gasteiger partial charge >= 0.3 is 0 Å². The first-order valence-electron chi connectivity index (χ1n) is 5.10. The molecule has 2 nitrogen and oxygen atoms in total. The third-order valence-electron chi connectivity index (χ3n) is 2.50. The van der Waals surface area contributed by atoms with Crippen molar-refractivity contribution in [1.29, 1.82) is 0 Å². The minimum absolute atomic E-state index is 0.0706. The van der Waals surface area contributed by atoms with Gasteiger partial charge in [0.15, 0.2) is 0 Å². The summed E-state index contributed by atoms with van der Waals surface area (Å²) in [7, 11) is 0. The van der Waals surface area contributed by atoms with E-state index in [9.17, 15) is 0 Å². The Morgan fingerprint density at radius 3 is 2.71 bits per heavy atom. The van der Waals surface area contributed by atoms with Crippen LogP contribution in [0.25, 0.3) is 0 Å². The average Bonchev–Trinajstić information content (AvgIpc) is 2.72. The molecule has 0 bridgehead atoms. The van der Waals surface area contributed by atoms with Crippen LogP contribution in [-0.4, -0.2) is 0 Å². The maximum Gasteiger partial charge on any atom is 0.0817 e. The van der Waals surface area contributed by atoms with Crippen molar-refractivity contribution in [3.8, 4) is 0 Å². The van der Waals surface area contributed by atoms with Crippen molar-refractivity contribution in [2.75, 3.05) is 0 Å². The Labute approximate surface area is 118 Å². The number of nitrogens with one attached hydrogen (secondary N) is 1. The summed E-state index contributed by atoms with van der Waals surface area (Å²) >= 11 is 11.4. The molecular weight excluding hydrogens is 320 g/mol. The standard InChI is InChI=1S/C12H12BrClN2S/c1-7-5-6-10(17-7)12(16-15)8-3-2-4-9(13)11(8)14/h2-6,12,16H,15H2,1H3. The molecule has 0 amide bonds. The molecule has 1 unspecified atom stereocenters. The highest BCUT2D eigenvalue weighted by Gasteiger charge is 2.18. The quantitative estimate of drug-likeness (QED) is 0.658. The Kier molecular flexibility index (Phi) is 4.22. The summed E-state index contributed by atoms with van der Waals surface area (Å²) in [6, 6.07) is 9.93. The maximum atomic E-state index is 6.29. The largest absolute Gasteiger partial charge is 0.271 e. The van der Waals surface area contributed by atoms with Crippen molar-refractivity contribution >= 4 is 38.9 Å². The zero-order valence-electron chi connectivity index (χ0n) is 9.21. The fourth-order valence-electron chi connectivity index (χ4n) is 1.68. The van der Waals surface area contributed by atoms with E-state index in [-0.39, 0.29) is 6.04 Å². The summed E-state index contributed by atoms with van der Waals surface area (Å²) in [5, 5.41) is 0.696. The van der Waals surface area contributed by atoms with E-state index in [1.807, 2.05) is 18.2 Å². The predicted octanol–water partition coefficient (Wildman–Crippen LogP) is 4.03. The molecule has 3 N–H and O–H groups in total. The molecule has 0 aliphatic heterocycles. The van der Waals surface area contributed by atoms with Gasteiger partial charge in [-0.3, -0.25) is 5.84 Å². The van der Waals surface area contributed by atoms with E-state index in [0.717, 1.165) is 14.9 Å². The summed E-state index contributed by atoms with van der Waals surface area (Å²) < 4.78 is 0.880. The number of halogens is 2. The minimum atomic E-state index is -0.0706. The molecule has 0 aliphatic rings. The SMILES string of the molecule is Cc1ccc(C(NN)c2cccc(Br)c2Cl)s1. The first-order chi connectivity index (χ1) is 8.13. The lowest BCUT2D eigenvalue weighted by Crippen LogP contribution is -2.28. The van der Waals surface area contributed by atoms with Crippen LogP contribution in [-0.2, 0) is 0 Å². The molecule has 5 heteroatoms. The van der Waals surface area contributed by atoms with Crippen LogP contribution < -0.4 is 11.3 Å². The Hall–Kier alpha value is -0.390. The first kappa shape index (κ1) is 13.1. The Bertz CT molecular complexity index is 527. The number of benzene rings is 1. The third kappa shape index (κ3) is 2.72. The first-order valence-corrected chi connectivity index (χ1v) is 7.08. The number of hydrazine groups is 1. The van der Waals surface area contributed by atoms with Crippen LogP contribution in [0.3, 0.4) is 0 Å². The second-order valence-corrected chi connectivity index (χ2v) is 6.24. The monoisotopic (exact) mass is 330 g/mol. The second-order valence-electron chi connectivity index (χ2n) is 3.69. The fraction of sp³-hybridized carbons (Fsp3) is 0.167. The van der Waals surface area contributed by atoms with Gasteiger partial charge in [-0.15, -0.1) is 11.3 Å². The Balaban J connectivity index is 2.45. The van der Waals surface area contributed by atoms with Gasteiger partial charge in [-0.2, -0.15) is 0 Å². The highest BCUT2D eigenvalue weighted by molar-refractivity contribution is 9.10. The van der Waals surface area contributed by atoms with E-state index in [2.05, 4.69) is 40.4 Å². The predicted molar refractivity (Wildman–Crippen MR) is 77.4 cm³/mol. The average molecular weight is 332 g/mol. The van der Waals surface area contributed by atoms with Crippen LogP contribution in [0.4, 0.5) is 0 Å². The van der Waals surface area contributed by atoms with Crippen molar-refractivity contribution in [3.63, 3.8) is 0 Å². The summed E-state index contributed by atoms with van der Waals surface area (Å²) in [6.07, 6.45) is 0. The highest BCUT2D eigenvalue weighted by atomic mass is 79.9. The molecule has 0 aliphatic carbocycles. The van der Waals surface area contributed by atoms with Crippen molar-refractivity contribution in [2.45, 2.75) is 13.0 Å². The zero-order chi connectivity index (χ0) is 12.4. The Morgan fingerprint density at radius 2 is 2.12 bits per heavy atom. The van der Waals surface area contributed by atoms with Gasteiger partial charge in [-0.25, -0.2) is 5.43 Å². The van der Waals surface area contributed by atoms with Gasteiger partial charge < -0.3 is 0 Å². The van der Waals surface area contributed by atoms with Crippen molar-refractivity contribution in [1.82, 2.24) is 5.43 Å². The second kappa shape index (κ2) is 5.50. The molecule has 0 radical (unpaired) electrons. The van der Waals surface area contributed by atoms with Crippen molar-refractivity contribution in [2.24, 2.45) is 5.84 Å². The van der Waals surface area contributed by atoms with Gasteiger partial charge in [0.2, 0.25) is 0 Å². The zero-order valence-corrected chi connectivity index (χ0v) is 12.4. The molecule has 1 heterocycles. The van der Waals surface area contributed by atoms with E-state index in [1.54, 1.807) is 11.3 Å². The molecule has 0 saturated carbocycles. The fourth-order valence-corrected chi connectivity index (χ4v) is 3.25. The molecule has 17 heavy (non-hydrogen) atoms. The number of thiophene rings is 1. The number of aryl methyl sites for hydroxylation is 1. The lowest BCUT2D eigenvalue weighted by Gasteiger charge is -2.16. The molecule has 1 aromatic heterocycles.